The van der Waals surface area contributed by atoms with Gasteiger partial charge in [0.15, 0.2) is 0 Å². The molecule has 1 aromatic heterocycles. The van der Waals surface area contributed by atoms with Crippen molar-refractivity contribution in [2.45, 2.75) is 32.0 Å². The van der Waals surface area contributed by atoms with Gasteiger partial charge >= 0.3 is 0 Å². The second-order valence-corrected chi connectivity index (χ2v) is 6.20. The largest absolute Gasteiger partial charge is 0.314 e. The molecule has 1 N–H and O–H groups in total. The van der Waals surface area contributed by atoms with Crippen LogP contribution in [-0.4, -0.2) is 55.1 Å². The summed E-state index contributed by atoms with van der Waals surface area (Å²) in [5.74, 6) is 0. The van der Waals surface area contributed by atoms with Crippen LogP contribution in [0.1, 0.15) is 23.5 Å². The number of piperidine rings is 1. The van der Waals surface area contributed by atoms with Gasteiger partial charge in [0.1, 0.15) is 5.01 Å². The molecule has 2 heterocycles. The number of nitrogens with one attached hydrogen (secondary N) is 1. The first-order valence-corrected chi connectivity index (χ1v) is 7.53. The van der Waals surface area contributed by atoms with E-state index in [1.807, 2.05) is 7.05 Å². The Kier molecular flexibility index (Phi) is 5.12. The summed E-state index contributed by atoms with van der Waals surface area (Å²) >= 11 is 1.76. The van der Waals surface area contributed by atoms with Crippen LogP contribution in [0.4, 0.5) is 0 Å². The Balaban J connectivity index is 1.87. The number of rotatable bonds is 5. The first-order valence-electron chi connectivity index (χ1n) is 6.65. The molecule has 1 fully saturated rings. The molecule has 0 aromatic carbocycles. The van der Waals surface area contributed by atoms with Crippen molar-refractivity contribution in [2.75, 3.05) is 34.2 Å². The fraction of sp³-hybridized carbons (Fsp3) is 0.769. The van der Waals surface area contributed by atoms with Crippen molar-refractivity contribution >= 4 is 11.3 Å². The van der Waals surface area contributed by atoms with E-state index in [1.165, 1.54) is 36.6 Å². The Morgan fingerprint density at radius 3 is 3.11 bits per heavy atom. The van der Waals surface area contributed by atoms with Crippen molar-refractivity contribution in [1.29, 1.82) is 0 Å². The SMILES string of the molecule is CNCc1nc(CN2CCCC(N(C)C)C2)cs1. The summed E-state index contributed by atoms with van der Waals surface area (Å²) in [7, 11) is 6.33. The lowest BCUT2D eigenvalue weighted by Crippen LogP contribution is -2.44. The average Bonchev–Trinajstić information content (AvgIpc) is 2.77. The first kappa shape index (κ1) is 13.9. The third kappa shape index (κ3) is 3.75. The standard InChI is InChI=1S/C13H24N4S/c1-14-7-13-15-11(10-18-13)8-17-6-4-5-12(9-17)16(2)3/h10,12,14H,4-9H2,1-3H3. The van der Waals surface area contributed by atoms with Gasteiger partial charge in [0, 0.05) is 31.1 Å². The van der Waals surface area contributed by atoms with E-state index in [1.54, 1.807) is 11.3 Å². The van der Waals surface area contributed by atoms with Crippen LogP contribution >= 0.6 is 11.3 Å². The van der Waals surface area contributed by atoms with Crippen LogP contribution in [0.25, 0.3) is 0 Å². The van der Waals surface area contributed by atoms with E-state index in [2.05, 4.69) is 39.6 Å². The molecule has 1 aliphatic rings. The molecule has 1 saturated heterocycles. The number of hydrogen-bond donors (Lipinski definition) is 1. The van der Waals surface area contributed by atoms with Gasteiger partial charge in [0.05, 0.1) is 5.69 Å². The first-order chi connectivity index (χ1) is 8.69. The van der Waals surface area contributed by atoms with Crippen LogP contribution < -0.4 is 5.32 Å². The lowest BCUT2D eigenvalue weighted by molar-refractivity contribution is 0.127. The highest BCUT2D eigenvalue weighted by Gasteiger charge is 2.21. The van der Waals surface area contributed by atoms with E-state index in [0.717, 1.165) is 13.1 Å². The topological polar surface area (TPSA) is 31.4 Å². The number of likely N-dealkylation sites (tertiary alicyclic amines) is 1. The molecule has 1 aromatic rings. The predicted molar refractivity (Wildman–Crippen MR) is 76.9 cm³/mol. The Morgan fingerprint density at radius 1 is 1.56 bits per heavy atom. The maximum absolute atomic E-state index is 4.66. The van der Waals surface area contributed by atoms with Crippen LogP contribution in [0.3, 0.4) is 0 Å². The molecule has 4 nitrogen and oxygen atoms in total. The number of likely N-dealkylation sites (N-methyl/N-ethyl adjacent to an activating group) is 1. The van der Waals surface area contributed by atoms with E-state index in [0.29, 0.717) is 6.04 Å². The molecule has 102 valence electrons. The minimum Gasteiger partial charge on any atom is -0.314 e. The number of hydrogen-bond acceptors (Lipinski definition) is 5. The van der Waals surface area contributed by atoms with Crippen molar-refractivity contribution < 1.29 is 0 Å². The number of nitrogens with zero attached hydrogens (tertiary/aromatic N) is 3. The highest BCUT2D eigenvalue weighted by molar-refractivity contribution is 7.09. The molecular formula is C13H24N4S. The third-order valence-corrected chi connectivity index (χ3v) is 4.42. The van der Waals surface area contributed by atoms with Crippen LogP contribution in [0.15, 0.2) is 5.38 Å². The van der Waals surface area contributed by atoms with Crippen LogP contribution in [0.2, 0.25) is 0 Å². The monoisotopic (exact) mass is 268 g/mol. The molecule has 18 heavy (non-hydrogen) atoms. The van der Waals surface area contributed by atoms with Gasteiger partial charge in [-0.2, -0.15) is 0 Å². The lowest BCUT2D eigenvalue weighted by atomic mass is 10.0. The van der Waals surface area contributed by atoms with Crippen LogP contribution in [0, 0.1) is 0 Å². The van der Waals surface area contributed by atoms with Gasteiger partial charge in [-0.15, -0.1) is 11.3 Å². The van der Waals surface area contributed by atoms with E-state index >= 15 is 0 Å². The van der Waals surface area contributed by atoms with Gasteiger partial charge in [-0.05, 0) is 40.5 Å². The molecule has 1 unspecified atom stereocenters. The Labute approximate surface area is 114 Å². The van der Waals surface area contributed by atoms with Crippen LogP contribution in [0.5, 0.6) is 0 Å². The zero-order valence-electron chi connectivity index (χ0n) is 11.6. The lowest BCUT2D eigenvalue weighted by Gasteiger charge is -2.35. The highest BCUT2D eigenvalue weighted by atomic mass is 32.1. The Morgan fingerprint density at radius 2 is 2.39 bits per heavy atom. The Bertz CT molecular complexity index is 364. The average molecular weight is 268 g/mol. The molecule has 0 radical (unpaired) electrons. The fourth-order valence-electron chi connectivity index (χ4n) is 2.48. The van der Waals surface area contributed by atoms with E-state index in [-0.39, 0.29) is 0 Å². The van der Waals surface area contributed by atoms with Crippen molar-refractivity contribution in [3.63, 3.8) is 0 Å². The molecule has 1 aliphatic heterocycles. The smallest absolute Gasteiger partial charge is 0.107 e. The number of thiazole rings is 1. The summed E-state index contributed by atoms with van der Waals surface area (Å²) in [6.07, 6.45) is 2.63. The second-order valence-electron chi connectivity index (χ2n) is 5.26. The maximum Gasteiger partial charge on any atom is 0.107 e. The molecular weight excluding hydrogens is 244 g/mol. The molecule has 5 heteroatoms. The summed E-state index contributed by atoms with van der Waals surface area (Å²) in [5, 5.41) is 6.54. The predicted octanol–water partition coefficient (Wildman–Crippen LogP) is 1.39. The minimum absolute atomic E-state index is 0.703. The summed E-state index contributed by atoms with van der Waals surface area (Å²) in [6, 6.07) is 0.703. The summed E-state index contributed by atoms with van der Waals surface area (Å²) < 4.78 is 0. The summed E-state index contributed by atoms with van der Waals surface area (Å²) in [6.45, 7) is 4.27. The van der Waals surface area contributed by atoms with E-state index in [9.17, 15) is 0 Å². The normalized spacial score (nSPS) is 21.7. The molecule has 0 bridgehead atoms. The summed E-state index contributed by atoms with van der Waals surface area (Å²) in [4.78, 5) is 9.55. The van der Waals surface area contributed by atoms with Crippen LogP contribution in [-0.2, 0) is 13.1 Å². The quantitative estimate of drug-likeness (QED) is 0.874. The summed E-state index contributed by atoms with van der Waals surface area (Å²) in [5.41, 5.74) is 1.23. The van der Waals surface area contributed by atoms with E-state index in [4.69, 9.17) is 0 Å². The van der Waals surface area contributed by atoms with Gasteiger partial charge in [-0.25, -0.2) is 4.98 Å². The third-order valence-electron chi connectivity index (χ3n) is 3.52. The van der Waals surface area contributed by atoms with Gasteiger partial charge in [-0.3, -0.25) is 4.90 Å². The molecule has 0 aliphatic carbocycles. The highest BCUT2D eigenvalue weighted by Crippen LogP contribution is 2.17. The second kappa shape index (κ2) is 6.61. The van der Waals surface area contributed by atoms with Gasteiger partial charge in [-0.1, -0.05) is 0 Å². The van der Waals surface area contributed by atoms with Crippen molar-refractivity contribution in [2.24, 2.45) is 0 Å². The van der Waals surface area contributed by atoms with Gasteiger partial charge < -0.3 is 10.2 Å². The van der Waals surface area contributed by atoms with Crippen molar-refractivity contribution in [1.82, 2.24) is 20.1 Å². The maximum atomic E-state index is 4.66. The molecule has 0 spiro atoms. The van der Waals surface area contributed by atoms with Crippen molar-refractivity contribution in [3.8, 4) is 0 Å². The zero-order chi connectivity index (χ0) is 13.0. The molecule has 1 atom stereocenters. The van der Waals surface area contributed by atoms with Crippen molar-refractivity contribution in [3.05, 3.63) is 16.1 Å². The minimum atomic E-state index is 0.703. The Hall–Kier alpha value is -0.490. The molecule has 2 rings (SSSR count). The van der Waals surface area contributed by atoms with Gasteiger partial charge in [0.2, 0.25) is 0 Å². The van der Waals surface area contributed by atoms with E-state index < -0.39 is 0 Å². The van der Waals surface area contributed by atoms with Gasteiger partial charge in [0.25, 0.3) is 0 Å². The fourth-order valence-corrected chi connectivity index (χ4v) is 3.28. The molecule has 0 amide bonds. The molecule has 0 saturated carbocycles. The number of aromatic nitrogens is 1. The zero-order valence-corrected chi connectivity index (χ0v) is 12.5.